The van der Waals surface area contributed by atoms with Crippen LogP contribution in [0.4, 0.5) is 4.39 Å². The Morgan fingerprint density at radius 2 is 1.72 bits per heavy atom. The summed E-state index contributed by atoms with van der Waals surface area (Å²) in [6.45, 7) is 4.13. The second-order valence-corrected chi connectivity index (χ2v) is 9.06. The second-order valence-electron chi connectivity index (χ2n) is 7.34. The second kappa shape index (κ2) is 9.47. The van der Waals surface area contributed by atoms with Crippen molar-refractivity contribution in [1.82, 2.24) is 14.9 Å². The van der Waals surface area contributed by atoms with Gasteiger partial charge in [0.25, 0.3) is 0 Å². The van der Waals surface area contributed by atoms with Crippen LogP contribution in [0.5, 0.6) is 0 Å². The van der Waals surface area contributed by atoms with Gasteiger partial charge in [0.15, 0.2) is 0 Å². The first-order valence-electron chi connectivity index (χ1n) is 9.68. The molecule has 1 aliphatic heterocycles. The van der Waals surface area contributed by atoms with E-state index in [1.54, 1.807) is 0 Å². The lowest BCUT2D eigenvalue weighted by atomic mass is 10.0. The van der Waals surface area contributed by atoms with Gasteiger partial charge in [-0.2, -0.15) is 4.72 Å². The van der Waals surface area contributed by atoms with Crippen molar-refractivity contribution >= 4 is 15.9 Å². The maximum atomic E-state index is 13.0. The molecule has 1 atom stereocenters. The zero-order valence-electron chi connectivity index (χ0n) is 16.3. The van der Waals surface area contributed by atoms with Crippen molar-refractivity contribution in [3.63, 3.8) is 0 Å². The first-order valence-corrected chi connectivity index (χ1v) is 11.2. The molecule has 2 aromatic rings. The molecule has 3 rings (SSSR count). The lowest BCUT2D eigenvalue weighted by molar-refractivity contribution is -0.123. The molecule has 1 amide bonds. The smallest absolute Gasteiger partial charge is 0.241 e. The van der Waals surface area contributed by atoms with Crippen molar-refractivity contribution in [1.29, 1.82) is 0 Å². The number of piperidine rings is 1. The van der Waals surface area contributed by atoms with Crippen molar-refractivity contribution in [2.45, 2.75) is 43.3 Å². The predicted octanol–water partition coefficient (Wildman–Crippen LogP) is 2.27. The SMILES string of the molecule is C[C@@H](NS(=O)(=O)c1ccc(F)cc1)C(=O)NC1CCN(Cc2ccccc2)CC1. The van der Waals surface area contributed by atoms with Crippen LogP contribution >= 0.6 is 0 Å². The highest BCUT2D eigenvalue weighted by atomic mass is 32.2. The van der Waals surface area contributed by atoms with E-state index < -0.39 is 21.9 Å². The minimum Gasteiger partial charge on any atom is -0.352 e. The third-order valence-corrected chi connectivity index (χ3v) is 6.59. The highest BCUT2D eigenvalue weighted by Crippen LogP contribution is 2.14. The molecule has 0 saturated carbocycles. The summed E-state index contributed by atoms with van der Waals surface area (Å²) >= 11 is 0. The fourth-order valence-corrected chi connectivity index (χ4v) is 4.57. The van der Waals surface area contributed by atoms with E-state index in [-0.39, 0.29) is 16.8 Å². The number of nitrogens with one attached hydrogen (secondary N) is 2. The zero-order valence-corrected chi connectivity index (χ0v) is 17.2. The van der Waals surface area contributed by atoms with Crippen LogP contribution in [0.15, 0.2) is 59.5 Å². The van der Waals surface area contributed by atoms with Crippen LogP contribution in [0, 0.1) is 5.82 Å². The largest absolute Gasteiger partial charge is 0.352 e. The Kier molecular flexibility index (Phi) is 7.00. The molecule has 2 N–H and O–H groups in total. The van der Waals surface area contributed by atoms with Gasteiger partial charge in [-0.15, -0.1) is 0 Å². The standard InChI is InChI=1S/C21H26FN3O3S/c1-16(24-29(27,28)20-9-7-18(22)8-10-20)21(26)23-19-11-13-25(14-12-19)15-17-5-3-2-4-6-17/h2-10,16,19,24H,11-15H2,1H3,(H,23,26)/t16-/m1/s1. The summed E-state index contributed by atoms with van der Waals surface area (Å²) in [6, 6.07) is 13.8. The molecule has 1 fully saturated rings. The molecular weight excluding hydrogens is 393 g/mol. The van der Waals surface area contributed by atoms with Gasteiger partial charge in [0.1, 0.15) is 5.82 Å². The molecule has 1 saturated heterocycles. The number of carbonyl (C=O) groups excluding carboxylic acids is 1. The first kappa shape index (κ1) is 21.4. The number of carbonyl (C=O) groups is 1. The van der Waals surface area contributed by atoms with E-state index in [4.69, 9.17) is 0 Å². The molecule has 29 heavy (non-hydrogen) atoms. The molecule has 1 aliphatic rings. The van der Waals surface area contributed by atoms with Crippen LogP contribution < -0.4 is 10.0 Å². The van der Waals surface area contributed by atoms with Gasteiger partial charge >= 0.3 is 0 Å². The highest BCUT2D eigenvalue weighted by molar-refractivity contribution is 7.89. The minimum atomic E-state index is -3.89. The van der Waals surface area contributed by atoms with Crippen LogP contribution in [0.25, 0.3) is 0 Å². The van der Waals surface area contributed by atoms with Crippen molar-refractivity contribution in [2.24, 2.45) is 0 Å². The monoisotopic (exact) mass is 419 g/mol. The summed E-state index contributed by atoms with van der Waals surface area (Å²) in [6.07, 6.45) is 1.63. The van der Waals surface area contributed by atoms with Gasteiger partial charge in [0, 0.05) is 25.7 Å². The Hall–Kier alpha value is -2.29. The summed E-state index contributed by atoms with van der Waals surface area (Å²) < 4.78 is 40.0. The lowest BCUT2D eigenvalue weighted by Crippen LogP contribution is -2.50. The number of amides is 1. The molecule has 0 spiro atoms. The first-order chi connectivity index (χ1) is 13.8. The van der Waals surface area contributed by atoms with Crippen LogP contribution in [0.1, 0.15) is 25.3 Å². The third kappa shape index (κ3) is 6.09. The van der Waals surface area contributed by atoms with Crippen molar-refractivity contribution < 1.29 is 17.6 Å². The molecule has 0 aliphatic carbocycles. The number of hydrogen-bond acceptors (Lipinski definition) is 4. The molecule has 6 nitrogen and oxygen atoms in total. The van der Waals surface area contributed by atoms with E-state index in [0.717, 1.165) is 44.6 Å². The van der Waals surface area contributed by atoms with Gasteiger partial charge in [-0.25, -0.2) is 12.8 Å². The van der Waals surface area contributed by atoms with E-state index in [0.29, 0.717) is 0 Å². The Bertz CT molecular complexity index is 912. The summed E-state index contributed by atoms with van der Waals surface area (Å²) in [5, 5.41) is 2.93. The topological polar surface area (TPSA) is 78.5 Å². The van der Waals surface area contributed by atoms with Crippen molar-refractivity contribution in [2.75, 3.05) is 13.1 Å². The van der Waals surface area contributed by atoms with Crippen molar-refractivity contribution in [3.05, 3.63) is 66.0 Å². The average Bonchev–Trinajstić information content (AvgIpc) is 2.70. The number of hydrogen-bond donors (Lipinski definition) is 2. The number of halogens is 1. The molecule has 0 aromatic heterocycles. The molecule has 0 radical (unpaired) electrons. The Labute approximate surface area is 171 Å². The summed E-state index contributed by atoms with van der Waals surface area (Å²) in [7, 11) is -3.89. The van der Waals surface area contributed by atoms with Gasteiger partial charge < -0.3 is 5.32 Å². The summed E-state index contributed by atoms with van der Waals surface area (Å²) in [4.78, 5) is 14.7. The van der Waals surface area contributed by atoms with Crippen LogP contribution in [-0.4, -0.2) is 44.4 Å². The Morgan fingerprint density at radius 3 is 2.34 bits per heavy atom. The fourth-order valence-electron chi connectivity index (χ4n) is 3.37. The quantitative estimate of drug-likeness (QED) is 0.722. The third-order valence-electron chi connectivity index (χ3n) is 5.03. The zero-order chi connectivity index (χ0) is 20.9. The average molecular weight is 420 g/mol. The number of benzene rings is 2. The molecule has 156 valence electrons. The molecule has 2 aromatic carbocycles. The predicted molar refractivity (Wildman–Crippen MR) is 109 cm³/mol. The number of rotatable bonds is 7. The van der Waals surface area contributed by atoms with E-state index in [9.17, 15) is 17.6 Å². The van der Waals surface area contributed by atoms with Crippen LogP contribution in [-0.2, 0) is 21.4 Å². The molecule has 0 bridgehead atoms. The van der Waals surface area contributed by atoms with E-state index in [1.807, 2.05) is 18.2 Å². The van der Waals surface area contributed by atoms with Gasteiger partial charge in [-0.3, -0.25) is 9.69 Å². The summed E-state index contributed by atoms with van der Waals surface area (Å²) in [5.74, 6) is -0.884. The number of likely N-dealkylation sites (tertiary alicyclic amines) is 1. The van der Waals surface area contributed by atoms with E-state index >= 15 is 0 Å². The maximum Gasteiger partial charge on any atom is 0.241 e. The molecule has 0 unspecified atom stereocenters. The van der Waals surface area contributed by atoms with Gasteiger partial charge in [0.05, 0.1) is 10.9 Å². The molecule has 1 heterocycles. The van der Waals surface area contributed by atoms with E-state index in [2.05, 4.69) is 27.1 Å². The number of nitrogens with zero attached hydrogens (tertiary/aromatic N) is 1. The van der Waals surface area contributed by atoms with Gasteiger partial charge in [-0.1, -0.05) is 30.3 Å². The fraction of sp³-hybridized carbons (Fsp3) is 0.381. The maximum absolute atomic E-state index is 13.0. The van der Waals surface area contributed by atoms with Crippen molar-refractivity contribution in [3.8, 4) is 0 Å². The number of sulfonamides is 1. The summed E-state index contributed by atoms with van der Waals surface area (Å²) in [5.41, 5.74) is 1.26. The Balaban J connectivity index is 1.47. The lowest BCUT2D eigenvalue weighted by Gasteiger charge is -2.33. The normalized spacial score (nSPS) is 17.0. The van der Waals surface area contributed by atoms with Crippen LogP contribution in [0.2, 0.25) is 0 Å². The molecule has 8 heteroatoms. The van der Waals surface area contributed by atoms with Gasteiger partial charge in [-0.05, 0) is 49.6 Å². The van der Waals surface area contributed by atoms with E-state index in [1.165, 1.54) is 24.6 Å². The molecular formula is C21H26FN3O3S. The minimum absolute atomic E-state index is 0.0206. The van der Waals surface area contributed by atoms with Gasteiger partial charge in [0.2, 0.25) is 15.9 Å². The highest BCUT2D eigenvalue weighted by Gasteiger charge is 2.26. The van der Waals surface area contributed by atoms with Crippen LogP contribution in [0.3, 0.4) is 0 Å². The Morgan fingerprint density at radius 1 is 1.10 bits per heavy atom.